The van der Waals surface area contributed by atoms with Crippen molar-refractivity contribution in [3.05, 3.63) is 48.3 Å². The number of methoxy groups -OCH3 is 1. The van der Waals surface area contributed by atoms with Crippen LogP contribution in [0.25, 0.3) is 5.69 Å². The zero-order valence-electron chi connectivity index (χ0n) is 16.9. The maximum atomic E-state index is 13.3. The molecule has 4 rings (SSSR count). The third kappa shape index (κ3) is 4.19. The monoisotopic (exact) mass is 396 g/mol. The summed E-state index contributed by atoms with van der Waals surface area (Å²) in [5.41, 5.74) is 1.55. The Balaban J connectivity index is 1.49. The number of hydrogen-bond donors (Lipinski definition) is 0. The molecule has 2 aromatic rings. The fourth-order valence-electron chi connectivity index (χ4n) is 4.61. The van der Waals surface area contributed by atoms with Crippen LogP contribution in [0.3, 0.4) is 0 Å². The Morgan fingerprint density at radius 2 is 2.14 bits per heavy atom. The lowest BCUT2D eigenvalue weighted by atomic mass is 9.73. The average molecular weight is 396 g/mol. The highest BCUT2D eigenvalue weighted by Gasteiger charge is 2.42. The van der Waals surface area contributed by atoms with E-state index in [0.717, 1.165) is 31.5 Å². The molecule has 3 heterocycles. The Hall–Kier alpha value is -2.67. The second-order valence-electron chi connectivity index (χ2n) is 8.14. The van der Waals surface area contributed by atoms with E-state index >= 15 is 0 Å². The molecule has 7 nitrogen and oxygen atoms in total. The zero-order chi connectivity index (χ0) is 20.3. The highest BCUT2D eigenvalue weighted by molar-refractivity contribution is 5.95. The summed E-state index contributed by atoms with van der Waals surface area (Å²) in [5.74, 6) is 0.251. The van der Waals surface area contributed by atoms with E-state index in [1.54, 1.807) is 18.0 Å². The van der Waals surface area contributed by atoms with Gasteiger partial charge in [0.1, 0.15) is 0 Å². The molecule has 2 aliphatic heterocycles. The number of hydrogen-bond acceptors (Lipinski definition) is 4. The van der Waals surface area contributed by atoms with Gasteiger partial charge in [-0.2, -0.15) is 5.10 Å². The van der Waals surface area contributed by atoms with Crippen LogP contribution in [0.1, 0.15) is 36.0 Å². The second kappa shape index (κ2) is 8.37. The van der Waals surface area contributed by atoms with Gasteiger partial charge in [-0.25, -0.2) is 4.68 Å². The molecule has 0 saturated carbocycles. The maximum Gasteiger partial charge on any atom is 0.253 e. The van der Waals surface area contributed by atoms with Crippen LogP contribution in [0.4, 0.5) is 0 Å². The Bertz CT molecular complexity index is 867. The van der Waals surface area contributed by atoms with Crippen LogP contribution >= 0.6 is 0 Å². The molecule has 154 valence electrons. The number of likely N-dealkylation sites (tertiary alicyclic amines) is 2. The molecule has 2 aliphatic rings. The minimum atomic E-state index is -0.00481. The smallest absolute Gasteiger partial charge is 0.253 e. The van der Waals surface area contributed by atoms with E-state index in [-0.39, 0.29) is 17.2 Å². The molecule has 7 heteroatoms. The van der Waals surface area contributed by atoms with Crippen LogP contribution < -0.4 is 0 Å². The fraction of sp³-hybridized carbons (Fsp3) is 0.500. The summed E-state index contributed by atoms with van der Waals surface area (Å²) < 4.78 is 6.92. The topological polar surface area (TPSA) is 67.7 Å². The van der Waals surface area contributed by atoms with Gasteiger partial charge in [0.25, 0.3) is 5.91 Å². The van der Waals surface area contributed by atoms with Gasteiger partial charge in [0.15, 0.2) is 0 Å². The largest absolute Gasteiger partial charge is 0.383 e. The summed E-state index contributed by atoms with van der Waals surface area (Å²) in [6.45, 7) is 3.35. The van der Waals surface area contributed by atoms with Gasteiger partial charge in [-0.15, -0.1) is 0 Å². The van der Waals surface area contributed by atoms with Crippen LogP contribution in [0, 0.1) is 5.41 Å². The fourth-order valence-corrected chi connectivity index (χ4v) is 4.61. The maximum absolute atomic E-state index is 13.3. The Labute approximate surface area is 171 Å². The third-order valence-corrected chi connectivity index (χ3v) is 6.12. The first kappa shape index (κ1) is 19.6. The van der Waals surface area contributed by atoms with Crippen molar-refractivity contribution in [2.24, 2.45) is 5.41 Å². The highest BCUT2D eigenvalue weighted by atomic mass is 16.5. The number of ether oxygens (including phenoxy) is 1. The normalized spacial score (nSPS) is 22.3. The number of rotatable bonds is 5. The van der Waals surface area contributed by atoms with Gasteiger partial charge >= 0.3 is 0 Å². The van der Waals surface area contributed by atoms with E-state index < -0.39 is 0 Å². The molecule has 0 radical (unpaired) electrons. The highest BCUT2D eigenvalue weighted by Crippen LogP contribution is 2.39. The molecule has 1 spiro atoms. The molecule has 2 fully saturated rings. The molecule has 2 amide bonds. The Morgan fingerprint density at radius 3 is 2.93 bits per heavy atom. The summed E-state index contributed by atoms with van der Waals surface area (Å²) in [7, 11) is 1.66. The van der Waals surface area contributed by atoms with E-state index in [0.29, 0.717) is 38.2 Å². The molecule has 0 bridgehead atoms. The first-order valence-corrected chi connectivity index (χ1v) is 10.3. The van der Waals surface area contributed by atoms with Crippen LogP contribution in [0.2, 0.25) is 0 Å². The van der Waals surface area contributed by atoms with Crippen molar-refractivity contribution in [2.75, 3.05) is 39.9 Å². The average Bonchev–Trinajstić information content (AvgIpc) is 3.29. The first-order chi connectivity index (χ1) is 14.1. The zero-order valence-corrected chi connectivity index (χ0v) is 16.9. The predicted molar refractivity (Wildman–Crippen MR) is 109 cm³/mol. The number of piperidine rings is 2. The van der Waals surface area contributed by atoms with Crippen molar-refractivity contribution in [1.29, 1.82) is 0 Å². The van der Waals surface area contributed by atoms with Gasteiger partial charge in [0.05, 0.1) is 12.3 Å². The summed E-state index contributed by atoms with van der Waals surface area (Å²) >= 11 is 0. The van der Waals surface area contributed by atoms with Gasteiger partial charge in [-0.05, 0) is 43.5 Å². The van der Waals surface area contributed by atoms with Gasteiger partial charge in [-0.3, -0.25) is 9.59 Å². The Kier molecular flexibility index (Phi) is 5.67. The van der Waals surface area contributed by atoms with Crippen molar-refractivity contribution in [1.82, 2.24) is 19.6 Å². The van der Waals surface area contributed by atoms with Crippen LogP contribution in [0.5, 0.6) is 0 Å². The number of nitrogens with zero attached hydrogens (tertiary/aromatic N) is 4. The molecule has 1 aromatic heterocycles. The SMILES string of the molecule is COCCN1C[C@]2(CCCN(C(=O)c3cccc(-n4cccn4)c3)C2)CCC1=O. The van der Waals surface area contributed by atoms with Crippen molar-refractivity contribution in [3.63, 3.8) is 0 Å². The number of amides is 2. The van der Waals surface area contributed by atoms with Gasteiger partial charge < -0.3 is 14.5 Å². The molecule has 1 aromatic carbocycles. The summed E-state index contributed by atoms with van der Waals surface area (Å²) in [5, 5.41) is 4.25. The predicted octanol–water partition coefficient (Wildman–Crippen LogP) is 2.36. The number of carbonyl (C=O) groups is 2. The van der Waals surface area contributed by atoms with Crippen molar-refractivity contribution in [2.45, 2.75) is 25.7 Å². The van der Waals surface area contributed by atoms with Gasteiger partial charge in [-0.1, -0.05) is 6.07 Å². The molecular formula is C22H28N4O3. The van der Waals surface area contributed by atoms with E-state index in [1.807, 2.05) is 46.3 Å². The molecule has 0 aliphatic carbocycles. The summed E-state index contributed by atoms with van der Waals surface area (Å²) in [6.07, 6.45) is 7.03. The minimum absolute atomic E-state index is 0.00481. The van der Waals surface area contributed by atoms with Gasteiger partial charge in [0, 0.05) is 63.1 Å². The molecule has 2 saturated heterocycles. The first-order valence-electron chi connectivity index (χ1n) is 10.3. The summed E-state index contributed by atoms with van der Waals surface area (Å²) in [4.78, 5) is 29.4. The van der Waals surface area contributed by atoms with E-state index in [1.165, 1.54) is 0 Å². The van der Waals surface area contributed by atoms with Gasteiger partial charge in [0.2, 0.25) is 5.91 Å². The van der Waals surface area contributed by atoms with E-state index in [9.17, 15) is 9.59 Å². The van der Waals surface area contributed by atoms with E-state index in [4.69, 9.17) is 4.74 Å². The van der Waals surface area contributed by atoms with Crippen LogP contribution in [-0.4, -0.2) is 71.3 Å². The Morgan fingerprint density at radius 1 is 1.24 bits per heavy atom. The molecule has 29 heavy (non-hydrogen) atoms. The lowest BCUT2D eigenvalue weighted by Crippen LogP contribution is -2.55. The van der Waals surface area contributed by atoms with Crippen molar-refractivity contribution in [3.8, 4) is 5.69 Å². The standard InChI is InChI=1S/C22H28N4O3/c1-29-14-13-24-16-22(9-7-20(24)27)8-3-11-25(17-22)21(28)18-5-2-6-19(15-18)26-12-4-10-23-26/h2,4-6,10,12,15H,3,7-9,11,13-14,16-17H2,1H3/t22-/m0/s1. The molecule has 0 unspecified atom stereocenters. The molecule has 0 N–H and O–H groups in total. The third-order valence-electron chi connectivity index (χ3n) is 6.12. The lowest BCUT2D eigenvalue weighted by Gasteiger charge is -2.48. The summed E-state index contributed by atoms with van der Waals surface area (Å²) in [6, 6.07) is 9.47. The second-order valence-corrected chi connectivity index (χ2v) is 8.14. The van der Waals surface area contributed by atoms with Crippen molar-refractivity contribution < 1.29 is 14.3 Å². The van der Waals surface area contributed by atoms with Crippen LogP contribution in [-0.2, 0) is 9.53 Å². The quantitative estimate of drug-likeness (QED) is 0.778. The van der Waals surface area contributed by atoms with Crippen LogP contribution in [0.15, 0.2) is 42.7 Å². The number of aromatic nitrogens is 2. The molecule has 1 atom stereocenters. The minimum Gasteiger partial charge on any atom is -0.383 e. The number of benzene rings is 1. The van der Waals surface area contributed by atoms with E-state index in [2.05, 4.69) is 5.10 Å². The van der Waals surface area contributed by atoms with Crippen molar-refractivity contribution >= 4 is 11.8 Å². The molecular weight excluding hydrogens is 368 g/mol. The number of carbonyl (C=O) groups excluding carboxylic acids is 2. The lowest BCUT2D eigenvalue weighted by molar-refractivity contribution is -0.139.